The average molecular weight is 460 g/mol. The molecule has 0 saturated carbocycles. The Bertz CT molecular complexity index is 964. The summed E-state index contributed by atoms with van der Waals surface area (Å²) < 4.78 is 41.7. The van der Waals surface area contributed by atoms with Crippen LogP contribution in [0.15, 0.2) is 12.1 Å². The van der Waals surface area contributed by atoms with E-state index < -0.39 is 35.5 Å². The smallest absolute Gasteiger partial charge is 0.320 e. The zero-order chi connectivity index (χ0) is 22.7. The Hall–Kier alpha value is -2.79. The van der Waals surface area contributed by atoms with Crippen molar-refractivity contribution in [1.29, 1.82) is 0 Å². The summed E-state index contributed by atoms with van der Waals surface area (Å²) in [6.45, 7) is 1.66. The molecule has 1 aliphatic rings. The van der Waals surface area contributed by atoms with E-state index in [0.717, 1.165) is 34.1 Å². The summed E-state index contributed by atoms with van der Waals surface area (Å²) in [6, 6.07) is 1.48. The molecule has 2 aromatic rings. The summed E-state index contributed by atoms with van der Waals surface area (Å²) in [6.07, 6.45) is -0.00192. The second-order valence-corrected chi connectivity index (χ2v) is 7.49. The number of hydrogen-bond acceptors (Lipinski definition) is 4. The Morgan fingerprint density at radius 1 is 1.45 bits per heavy atom. The van der Waals surface area contributed by atoms with Crippen molar-refractivity contribution in [3.63, 3.8) is 0 Å². The molecule has 31 heavy (non-hydrogen) atoms. The zero-order valence-electron chi connectivity index (χ0n) is 16.9. The first-order valence-electron chi connectivity index (χ1n) is 9.40. The van der Waals surface area contributed by atoms with E-state index in [2.05, 4.69) is 10.4 Å². The van der Waals surface area contributed by atoms with Gasteiger partial charge in [-0.1, -0.05) is 11.6 Å². The highest BCUT2D eigenvalue weighted by Crippen LogP contribution is 2.25. The molecule has 0 radical (unpaired) electrons. The van der Waals surface area contributed by atoms with Crippen LogP contribution in [0.4, 0.5) is 23.7 Å². The minimum atomic E-state index is -1.18. The van der Waals surface area contributed by atoms with E-state index >= 15 is 0 Å². The Balaban J connectivity index is 1.70. The molecule has 1 aromatic heterocycles. The summed E-state index contributed by atoms with van der Waals surface area (Å²) in [7, 11) is 1.37. The number of hydrogen-bond donors (Lipinski definition) is 1. The van der Waals surface area contributed by atoms with Gasteiger partial charge in [-0.05, 0) is 13.0 Å². The summed E-state index contributed by atoms with van der Waals surface area (Å²) >= 11 is 5.62. The van der Waals surface area contributed by atoms with E-state index in [9.17, 15) is 22.8 Å². The molecule has 1 atom stereocenters. The van der Waals surface area contributed by atoms with Gasteiger partial charge in [-0.25, -0.2) is 23.0 Å². The Labute approximate surface area is 181 Å². The molecule has 0 saturated heterocycles. The van der Waals surface area contributed by atoms with Gasteiger partial charge in [0.15, 0.2) is 11.6 Å². The monoisotopic (exact) mass is 459 g/mol. The highest BCUT2D eigenvalue weighted by atomic mass is 35.5. The van der Waals surface area contributed by atoms with Gasteiger partial charge in [0, 0.05) is 43.0 Å². The van der Waals surface area contributed by atoms with E-state index in [1.54, 1.807) is 11.6 Å². The predicted octanol–water partition coefficient (Wildman–Crippen LogP) is 3.07. The normalized spacial score (nSPS) is 14.2. The van der Waals surface area contributed by atoms with Crippen molar-refractivity contribution in [2.45, 2.75) is 32.5 Å². The molecule has 0 spiro atoms. The summed E-state index contributed by atoms with van der Waals surface area (Å²) in [5, 5.41) is 7.44. The lowest BCUT2D eigenvalue weighted by molar-refractivity contribution is -0.188. The van der Waals surface area contributed by atoms with Gasteiger partial charge >= 0.3 is 6.03 Å². The van der Waals surface area contributed by atoms with Crippen molar-refractivity contribution in [3.05, 3.63) is 45.7 Å². The SMILES string of the molecule is Cc1c2c(nn1CC(CF)ON(C)C=O)CCN(C(=O)Nc1cc(F)c(F)c(Cl)c1)C2. The van der Waals surface area contributed by atoms with Crippen LogP contribution in [0.2, 0.25) is 5.02 Å². The number of fused-ring (bicyclic) bond motifs is 1. The highest BCUT2D eigenvalue weighted by molar-refractivity contribution is 6.31. The van der Waals surface area contributed by atoms with E-state index in [-0.39, 0.29) is 18.8 Å². The molecule has 168 valence electrons. The average Bonchev–Trinajstić information content (AvgIpc) is 3.05. The number of alkyl halides is 1. The molecule has 1 N–H and O–H groups in total. The van der Waals surface area contributed by atoms with Gasteiger partial charge in [0.05, 0.1) is 23.8 Å². The summed E-state index contributed by atoms with van der Waals surface area (Å²) in [5.74, 6) is -2.34. The van der Waals surface area contributed by atoms with Gasteiger partial charge in [0.25, 0.3) is 0 Å². The Morgan fingerprint density at radius 3 is 2.84 bits per heavy atom. The first-order valence-corrected chi connectivity index (χ1v) is 9.77. The van der Waals surface area contributed by atoms with Crippen LogP contribution < -0.4 is 5.32 Å². The van der Waals surface area contributed by atoms with Gasteiger partial charge in [0.2, 0.25) is 6.41 Å². The van der Waals surface area contributed by atoms with Crippen LogP contribution in [0.1, 0.15) is 17.0 Å². The number of rotatable bonds is 7. The topological polar surface area (TPSA) is 79.7 Å². The third kappa shape index (κ3) is 5.10. The molecule has 8 nitrogen and oxygen atoms in total. The van der Waals surface area contributed by atoms with Crippen LogP contribution in [-0.2, 0) is 29.1 Å². The fourth-order valence-corrected chi connectivity index (χ4v) is 3.52. The van der Waals surface area contributed by atoms with Crippen molar-refractivity contribution in [3.8, 4) is 0 Å². The van der Waals surface area contributed by atoms with Crippen molar-refractivity contribution < 1.29 is 27.6 Å². The number of hydroxylamine groups is 2. The van der Waals surface area contributed by atoms with E-state index in [0.29, 0.717) is 19.4 Å². The zero-order valence-corrected chi connectivity index (χ0v) is 17.6. The molecule has 1 unspecified atom stereocenters. The number of halogens is 4. The van der Waals surface area contributed by atoms with Crippen molar-refractivity contribution in [2.75, 3.05) is 25.6 Å². The van der Waals surface area contributed by atoms with Crippen LogP contribution in [0.5, 0.6) is 0 Å². The molecular weight excluding hydrogens is 439 g/mol. The molecule has 0 fully saturated rings. The van der Waals surface area contributed by atoms with Crippen molar-refractivity contribution in [1.82, 2.24) is 19.7 Å². The number of aromatic nitrogens is 2. The number of nitrogens with one attached hydrogen (secondary N) is 1. The molecule has 3 amide bonds. The number of carbonyl (C=O) groups excluding carboxylic acids is 2. The largest absolute Gasteiger partial charge is 0.322 e. The maximum absolute atomic E-state index is 13.5. The van der Waals surface area contributed by atoms with Gasteiger partial charge < -0.3 is 10.2 Å². The third-order valence-corrected chi connectivity index (χ3v) is 5.19. The lowest BCUT2D eigenvalue weighted by Crippen LogP contribution is -2.38. The lowest BCUT2D eigenvalue weighted by atomic mass is 10.1. The van der Waals surface area contributed by atoms with Crippen LogP contribution in [-0.4, -0.2) is 58.6 Å². The molecule has 0 bridgehead atoms. The minimum absolute atomic E-state index is 0.0364. The summed E-state index contributed by atoms with van der Waals surface area (Å²) in [4.78, 5) is 30.0. The van der Waals surface area contributed by atoms with Crippen molar-refractivity contribution in [2.24, 2.45) is 0 Å². The van der Waals surface area contributed by atoms with Crippen molar-refractivity contribution >= 4 is 29.7 Å². The molecule has 12 heteroatoms. The Morgan fingerprint density at radius 2 is 2.19 bits per heavy atom. The maximum Gasteiger partial charge on any atom is 0.322 e. The standard InChI is InChI=1S/C19H21ClF3N5O3/c1-11-14-9-27(19(30)24-12-5-15(20)18(23)16(22)6-12)4-3-17(14)25-28(11)8-13(7-21)31-26(2)10-29/h5-6,10,13H,3-4,7-9H2,1-2H3,(H,24,30). The molecule has 3 rings (SSSR count). The lowest BCUT2D eigenvalue weighted by Gasteiger charge is -2.27. The summed E-state index contributed by atoms with van der Waals surface area (Å²) in [5.41, 5.74) is 2.36. The highest BCUT2D eigenvalue weighted by Gasteiger charge is 2.27. The quantitative estimate of drug-likeness (QED) is 0.392. The number of benzene rings is 1. The molecule has 1 aliphatic heterocycles. The van der Waals surface area contributed by atoms with E-state index in [1.807, 2.05) is 0 Å². The van der Waals surface area contributed by atoms with Crippen LogP contribution >= 0.6 is 11.6 Å². The minimum Gasteiger partial charge on any atom is -0.320 e. The number of carbonyl (C=O) groups is 2. The maximum atomic E-state index is 13.5. The van der Waals surface area contributed by atoms with E-state index in [4.69, 9.17) is 16.4 Å². The van der Waals surface area contributed by atoms with Gasteiger partial charge in [0.1, 0.15) is 12.8 Å². The van der Waals surface area contributed by atoms with Crippen LogP contribution in [0.25, 0.3) is 0 Å². The van der Waals surface area contributed by atoms with Crippen LogP contribution in [0, 0.1) is 18.6 Å². The third-order valence-electron chi connectivity index (χ3n) is 4.92. The second kappa shape index (κ2) is 9.56. The molecular formula is C19H21ClF3N5O3. The second-order valence-electron chi connectivity index (χ2n) is 7.08. The predicted molar refractivity (Wildman–Crippen MR) is 106 cm³/mol. The molecule has 2 heterocycles. The Kier molecular flexibility index (Phi) is 7.06. The molecule has 0 aliphatic carbocycles. The van der Waals surface area contributed by atoms with Gasteiger partial charge in [-0.15, -0.1) is 0 Å². The van der Waals surface area contributed by atoms with Crippen LogP contribution in [0.3, 0.4) is 0 Å². The number of urea groups is 1. The van der Waals surface area contributed by atoms with Gasteiger partial charge in [-0.2, -0.15) is 5.10 Å². The molecule has 1 aromatic carbocycles. The number of anilines is 1. The fraction of sp³-hybridized carbons (Fsp3) is 0.421. The first kappa shape index (κ1) is 22.9. The van der Waals surface area contributed by atoms with Gasteiger partial charge in [-0.3, -0.25) is 14.3 Å². The number of amides is 3. The number of nitrogens with zero attached hydrogens (tertiary/aromatic N) is 4. The fourth-order valence-electron chi connectivity index (χ4n) is 3.31. The first-order chi connectivity index (χ1) is 14.7. The van der Waals surface area contributed by atoms with E-state index in [1.165, 1.54) is 11.9 Å².